The summed E-state index contributed by atoms with van der Waals surface area (Å²) < 4.78 is 0. The van der Waals surface area contributed by atoms with Crippen molar-refractivity contribution >= 4 is 5.78 Å². The van der Waals surface area contributed by atoms with Crippen molar-refractivity contribution in [2.45, 2.75) is 45.7 Å². The predicted molar refractivity (Wildman–Crippen MR) is 50.1 cm³/mol. The van der Waals surface area contributed by atoms with Crippen LogP contribution < -0.4 is 5.32 Å². The standard InChI is InChI=1S/C10H17NO/c1-7(12)8-6-9(2,3)11-10(8,4)5/h6,11H,1-5H3. The Balaban J connectivity index is 3.04. The Labute approximate surface area is 74.0 Å². The summed E-state index contributed by atoms with van der Waals surface area (Å²) in [5.41, 5.74) is 0.673. The van der Waals surface area contributed by atoms with Gasteiger partial charge in [0.25, 0.3) is 0 Å². The fourth-order valence-electron chi connectivity index (χ4n) is 1.99. The summed E-state index contributed by atoms with van der Waals surface area (Å²) in [5.74, 6) is 0.165. The molecule has 0 bridgehead atoms. The first-order valence-electron chi connectivity index (χ1n) is 4.28. The number of hydrogen-bond donors (Lipinski definition) is 1. The summed E-state index contributed by atoms with van der Waals surface area (Å²) in [5, 5.41) is 3.39. The van der Waals surface area contributed by atoms with Crippen LogP contribution in [0.4, 0.5) is 0 Å². The molecule has 0 aliphatic carbocycles. The van der Waals surface area contributed by atoms with E-state index in [0.717, 1.165) is 5.57 Å². The summed E-state index contributed by atoms with van der Waals surface area (Å²) >= 11 is 0. The highest BCUT2D eigenvalue weighted by Gasteiger charge is 2.38. The largest absolute Gasteiger partial charge is 0.299 e. The van der Waals surface area contributed by atoms with E-state index in [1.165, 1.54) is 0 Å². The molecule has 0 fully saturated rings. The van der Waals surface area contributed by atoms with Crippen molar-refractivity contribution in [1.82, 2.24) is 5.32 Å². The number of ketones is 1. The topological polar surface area (TPSA) is 29.1 Å². The molecule has 1 N–H and O–H groups in total. The minimum absolute atomic E-state index is 0.0511. The molecule has 1 aliphatic heterocycles. The second kappa shape index (κ2) is 2.43. The average molecular weight is 167 g/mol. The highest BCUT2D eigenvalue weighted by Crippen LogP contribution is 2.29. The number of rotatable bonds is 1. The van der Waals surface area contributed by atoms with Crippen molar-refractivity contribution in [2.24, 2.45) is 0 Å². The summed E-state index contributed by atoms with van der Waals surface area (Å²) in [4.78, 5) is 11.2. The molecule has 0 saturated heterocycles. The summed E-state index contributed by atoms with van der Waals surface area (Å²) in [6.45, 7) is 9.84. The molecular formula is C10H17NO. The number of carbonyl (C=O) groups is 1. The summed E-state index contributed by atoms with van der Waals surface area (Å²) in [7, 11) is 0. The van der Waals surface area contributed by atoms with Crippen molar-refractivity contribution in [3.63, 3.8) is 0 Å². The molecule has 1 heterocycles. The number of Topliss-reactive ketones (excluding diaryl/α,β-unsaturated/α-hetero) is 1. The maximum Gasteiger partial charge on any atom is 0.157 e. The van der Waals surface area contributed by atoms with Crippen molar-refractivity contribution in [3.05, 3.63) is 11.6 Å². The molecular weight excluding hydrogens is 150 g/mol. The van der Waals surface area contributed by atoms with Crippen LogP contribution in [0.5, 0.6) is 0 Å². The second-order valence-electron chi connectivity index (χ2n) is 4.59. The second-order valence-corrected chi connectivity index (χ2v) is 4.59. The Morgan fingerprint density at radius 3 is 2.00 bits per heavy atom. The Hall–Kier alpha value is -0.630. The Morgan fingerprint density at radius 2 is 1.83 bits per heavy atom. The highest BCUT2D eigenvalue weighted by molar-refractivity contribution is 5.96. The molecule has 0 spiro atoms. The van der Waals surface area contributed by atoms with Crippen molar-refractivity contribution in [3.8, 4) is 0 Å². The first kappa shape index (κ1) is 9.46. The minimum atomic E-state index is -0.171. The van der Waals surface area contributed by atoms with E-state index in [0.29, 0.717) is 0 Å². The van der Waals surface area contributed by atoms with Gasteiger partial charge < -0.3 is 0 Å². The lowest BCUT2D eigenvalue weighted by molar-refractivity contribution is -0.114. The van der Waals surface area contributed by atoms with Gasteiger partial charge in [-0.2, -0.15) is 0 Å². The normalized spacial score (nSPS) is 25.2. The molecule has 12 heavy (non-hydrogen) atoms. The zero-order valence-electron chi connectivity index (χ0n) is 8.49. The lowest BCUT2D eigenvalue weighted by Crippen LogP contribution is -2.46. The first-order valence-corrected chi connectivity index (χ1v) is 4.28. The molecule has 0 atom stereocenters. The Morgan fingerprint density at radius 1 is 1.33 bits per heavy atom. The van der Waals surface area contributed by atoms with Gasteiger partial charge >= 0.3 is 0 Å². The molecule has 0 aromatic heterocycles. The summed E-state index contributed by atoms with van der Waals surface area (Å²) in [6.07, 6.45) is 2.02. The average Bonchev–Trinajstić information content (AvgIpc) is 1.99. The van der Waals surface area contributed by atoms with Crippen LogP contribution in [0.2, 0.25) is 0 Å². The van der Waals surface area contributed by atoms with Gasteiger partial charge in [-0.1, -0.05) is 6.08 Å². The third-order valence-corrected chi connectivity index (χ3v) is 2.19. The Bertz CT molecular complexity index is 249. The van der Waals surface area contributed by atoms with Crippen LogP contribution in [0.1, 0.15) is 34.6 Å². The van der Waals surface area contributed by atoms with Crippen molar-refractivity contribution in [2.75, 3.05) is 0 Å². The summed E-state index contributed by atoms with van der Waals surface area (Å²) in [6, 6.07) is 0. The zero-order chi connectivity index (χ0) is 9.57. The van der Waals surface area contributed by atoms with E-state index in [1.54, 1.807) is 6.92 Å². The van der Waals surface area contributed by atoms with Gasteiger partial charge in [-0.3, -0.25) is 10.1 Å². The SMILES string of the molecule is CC(=O)C1=CC(C)(C)NC1(C)C. The molecule has 0 aromatic rings. The van der Waals surface area contributed by atoms with E-state index in [4.69, 9.17) is 0 Å². The van der Waals surface area contributed by atoms with E-state index in [9.17, 15) is 4.79 Å². The molecule has 2 heteroatoms. The molecule has 0 aromatic carbocycles. The maximum absolute atomic E-state index is 11.2. The molecule has 1 rings (SSSR count). The fraction of sp³-hybridized carbons (Fsp3) is 0.700. The van der Waals surface area contributed by atoms with Gasteiger partial charge in [-0.25, -0.2) is 0 Å². The number of carbonyl (C=O) groups excluding carboxylic acids is 1. The van der Waals surface area contributed by atoms with Crippen molar-refractivity contribution < 1.29 is 4.79 Å². The predicted octanol–water partition coefficient (Wildman–Crippen LogP) is 1.66. The molecule has 0 unspecified atom stereocenters. The van der Waals surface area contributed by atoms with Crippen LogP contribution >= 0.6 is 0 Å². The monoisotopic (exact) mass is 167 g/mol. The van der Waals surface area contributed by atoms with Gasteiger partial charge in [0.05, 0.1) is 0 Å². The van der Waals surface area contributed by atoms with Gasteiger partial charge in [0, 0.05) is 16.7 Å². The van der Waals surface area contributed by atoms with Gasteiger partial charge in [0.1, 0.15) is 0 Å². The molecule has 68 valence electrons. The zero-order valence-corrected chi connectivity index (χ0v) is 8.49. The maximum atomic E-state index is 11.2. The highest BCUT2D eigenvalue weighted by atomic mass is 16.1. The van der Waals surface area contributed by atoms with E-state index in [1.807, 2.05) is 19.9 Å². The van der Waals surface area contributed by atoms with Crippen LogP contribution in [0.3, 0.4) is 0 Å². The molecule has 1 aliphatic rings. The molecule has 0 amide bonds. The third kappa shape index (κ3) is 1.58. The van der Waals surface area contributed by atoms with Gasteiger partial charge in [0.2, 0.25) is 0 Å². The van der Waals surface area contributed by atoms with Gasteiger partial charge in [-0.05, 0) is 34.6 Å². The van der Waals surface area contributed by atoms with Gasteiger partial charge in [0.15, 0.2) is 5.78 Å². The lowest BCUT2D eigenvalue weighted by Gasteiger charge is -2.27. The quantitative estimate of drug-likeness (QED) is 0.643. The number of hydrogen-bond acceptors (Lipinski definition) is 2. The van der Waals surface area contributed by atoms with Crippen LogP contribution in [-0.2, 0) is 4.79 Å². The smallest absolute Gasteiger partial charge is 0.157 e. The van der Waals surface area contributed by atoms with Crippen LogP contribution in [0.25, 0.3) is 0 Å². The molecule has 0 saturated carbocycles. The van der Waals surface area contributed by atoms with Crippen LogP contribution in [-0.4, -0.2) is 16.9 Å². The van der Waals surface area contributed by atoms with E-state index in [-0.39, 0.29) is 16.9 Å². The van der Waals surface area contributed by atoms with E-state index < -0.39 is 0 Å². The van der Waals surface area contributed by atoms with Gasteiger partial charge in [-0.15, -0.1) is 0 Å². The first-order chi connectivity index (χ1) is 5.25. The van der Waals surface area contributed by atoms with Crippen molar-refractivity contribution in [1.29, 1.82) is 0 Å². The van der Waals surface area contributed by atoms with Crippen LogP contribution in [0, 0.1) is 0 Å². The molecule has 0 radical (unpaired) electrons. The van der Waals surface area contributed by atoms with E-state index >= 15 is 0 Å². The third-order valence-electron chi connectivity index (χ3n) is 2.19. The van der Waals surface area contributed by atoms with Crippen LogP contribution in [0.15, 0.2) is 11.6 Å². The fourth-order valence-corrected chi connectivity index (χ4v) is 1.99. The number of nitrogens with one attached hydrogen (secondary N) is 1. The Kier molecular flexibility index (Phi) is 1.91. The lowest BCUT2D eigenvalue weighted by atomic mass is 9.94. The molecule has 2 nitrogen and oxygen atoms in total. The van der Waals surface area contributed by atoms with E-state index in [2.05, 4.69) is 19.2 Å². The minimum Gasteiger partial charge on any atom is -0.299 e.